The van der Waals surface area contributed by atoms with Crippen molar-refractivity contribution in [2.45, 2.75) is 44.2 Å². The molecule has 3 nitrogen and oxygen atoms in total. The Kier molecular flexibility index (Phi) is 2.93. The van der Waals surface area contributed by atoms with Crippen LogP contribution < -0.4 is 10.1 Å². The normalized spacial score (nSPS) is 24.4. The van der Waals surface area contributed by atoms with Gasteiger partial charge in [0.1, 0.15) is 0 Å². The molecule has 1 aliphatic carbocycles. The van der Waals surface area contributed by atoms with E-state index in [1.54, 1.807) is 6.07 Å². The minimum absolute atomic E-state index is 0.264. The van der Waals surface area contributed by atoms with Crippen LogP contribution in [0.1, 0.15) is 43.7 Å². The Hall–Kier alpha value is -1.22. The van der Waals surface area contributed by atoms with Crippen molar-refractivity contribution in [3.05, 3.63) is 23.8 Å². The molecular weight excluding hydrogens is 214 g/mol. The number of fused-ring (bicyclic) bond motifs is 1. The maximum absolute atomic E-state index is 9.78. The maximum atomic E-state index is 9.78. The summed E-state index contributed by atoms with van der Waals surface area (Å²) in [6.07, 6.45) is 6.24. The molecule has 3 heteroatoms. The van der Waals surface area contributed by atoms with Gasteiger partial charge in [0.05, 0.1) is 6.61 Å². The highest BCUT2D eigenvalue weighted by Crippen LogP contribution is 2.39. The van der Waals surface area contributed by atoms with Crippen LogP contribution >= 0.6 is 0 Å². The minimum Gasteiger partial charge on any atom is -0.504 e. The fourth-order valence-corrected chi connectivity index (χ4v) is 2.96. The Balaban J connectivity index is 1.81. The van der Waals surface area contributed by atoms with Crippen LogP contribution in [0.15, 0.2) is 18.2 Å². The fraction of sp³-hybridized carbons (Fsp3) is 0.571. The molecule has 1 aromatic rings. The quantitative estimate of drug-likeness (QED) is 0.825. The van der Waals surface area contributed by atoms with E-state index in [0.717, 1.165) is 12.0 Å². The summed E-state index contributed by atoms with van der Waals surface area (Å²) < 4.78 is 5.56. The first kappa shape index (κ1) is 10.9. The fourth-order valence-electron chi connectivity index (χ4n) is 2.96. The first-order chi connectivity index (χ1) is 8.34. The van der Waals surface area contributed by atoms with Crippen molar-refractivity contribution >= 4 is 0 Å². The molecule has 0 amide bonds. The summed E-state index contributed by atoms with van der Waals surface area (Å²) in [4.78, 5) is 0. The molecule has 0 bridgehead atoms. The Bertz CT molecular complexity index is 399. The summed E-state index contributed by atoms with van der Waals surface area (Å²) in [5, 5.41) is 13.5. The van der Waals surface area contributed by atoms with E-state index in [2.05, 4.69) is 11.4 Å². The standard InChI is InChI=1S/C14H19NO2/c16-13-7-3-6-11-12(8-9-17-14(11)13)15-10-4-1-2-5-10/h3,6-7,10,12,15-16H,1-2,4-5,8-9H2. The van der Waals surface area contributed by atoms with Gasteiger partial charge in [-0.1, -0.05) is 25.0 Å². The summed E-state index contributed by atoms with van der Waals surface area (Å²) in [5.41, 5.74) is 1.11. The average Bonchev–Trinajstić information content (AvgIpc) is 2.83. The van der Waals surface area contributed by atoms with Gasteiger partial charge in [-0.25, -0.2) is 0 Å². The Morgan fingerprint density at radius 2 is 2.00 bits per heavy atom. The molecule has 1 aromatic carbocycles. The zero-order chi connectivity index (χ0) is 11.7. The summed E-state index contributed by atoms with van der Waals surface area (Å²) in [6.45, 7) is 0.689. The first-order valence-electron chi connectivity index (χ1n) is 6.55. The molecule has 1 fully saturated rings. The van der Waals surface area contributed by atoms with Crippen LogP contribution in [0.3, 0.4) is 0 Å². The second kappa shape index (κ2) is 4.57. The zero-order valence-electron chi connectivity index (χ0n) is 9.98. The van der Waals surface area contributed by atoms with Gasteiger partial charge in [-0.2, -0.15) is 0 Å². The maximum Gasteiger partial charge on any atom is 0.165 e. The van der Waals surface area contributed by atoms with Crippen molar-refractivity contribution in [2.24, 2.45) is 0 Å². The number of phenolic OH excluding ortho intramolecular Hbond substituents is 1. The third-order valence-electron chi connectivity index (χ3n) is 3.85. The highest BCUT2D eigenvalue weighted by atomic mass is 16.5. The number of rotatable bonds is 2. The predicted molar refractivity (Wildman–Crippen MR) is 66.4 cm³/mol. The molecule has 1 atom stereocenters. The van der Waals surface area contributed by atoms with E-state index in [9.17, 15) is 5.11 Å². The van der Waals surface area contributed by atoms with Crippen LogP contribution in [0, 0.1) is 0 Å². The third-order valence-corrected chi connectivity index (χ3v) is 3.85. The molecule has 3 rings (SSSR count). The minimum atomic E-state index is 0.264. The largest absolute Gasteiger partial charge is 0.504 e. The van der Waals surface area contributed by atoms with Crippen LogP contribution in [-0.4, -0.2) is 17.8 Å². The number of aromatic hydroxyl groups is 1. The van der Waals surface area contributed by atoms with Gasteiger partial charge in [0.15, 0.2) is 11.5 Å². The van der Waals surface area contributed by atoms with Gasteiger partial charge in [-0.05, 0) is 18.9 Å². The molecule has 92 valence electrons. The number of para-hydroxylation sites is 1. The molecule has 1 aliphatic heterocycles. The van der Waals surface area contributed by atoms with Crippen LogP contribution in [0.4, 0.5) is 0 Å². The lowest BCUT2D eigenvalue weighted by Gasteiger charge is -2.29. The lowest BCUT2D eigenvalue weighted by molar-refractivity contribution is 0.234. The topological polar surface area (TPSA) is 41.5 Å². The molecule has 17 heavy (non-hydrogen) atoms. The van der Waals surface area contributed by atoms with Crippen LogP contribution in [0.2, 0.25) is 0 Å². The van der Waals surface area contributed by atoms with E-state index < -0.39 is 0 Å². The molecule has 1 unspecified atom stereocenters. The predicted octanol–water partition coefficient (Wildman–Crippen LogP) is 2.75. The van der Waals surface area contributed by atoms with Crippen molar-refractivity contribution in [2.75, 3.05) is 6.61 Å². The summed E-state index contributed by atoms with van der Waals surface area (Å²) in [6, 6.07) is 6.63. The second-order valence-corrected chi connectivity index (χ2v) is 5.03. The highest BCUT2D eigenvalue weighted by molar-refractivity contribution is 5.48. The lowest BCUT2D eigenvalue weighted by Crippen LogP contribution is -2.33. The Labute approximate surface area is 102 Å². The van der Waals surface area contributed by atoms with Crippen molar-refractivity contribution in [3.8, 4) is 11.5 Å². The van der Waals surface area contributed by atoms with E-state index in [1.807, 2.05) is 6.07 Å². The van der Waals surface area contributed by atoms with E-state index in [-0.39, 0.29) is 5.75 Å². The zero-order valence-corrected chi connectivity index (χ0v) is 9.98. The molecule has 0 spiro atoms. The molecule has 1 saturated carbocycles. The molecule has 2 aliphatic rings. The molecule has 2 N–H and O–H groups in total. The van der Waals surface area contributed by atoms with Crippen LogP contribution in [-0.2, 0) is 0 Å². The SMILES string of the molecule is Oc1cccc2c1OCCC2NC1CCCC1. The second-order valence-electron chi connectivity index (χ2n) is 5.03. The van der Waals surface area contributed by atoms with Crippen molar-refractivity contribution in [1.82, 2.24) is 5.32 Å². The lowest BCUT2D eigenvalue weighted by atomic mass is 9.99. The van der Waals surface area contributed by atoms with Gasteiger partial charge >= 0.3 is 0 Å². The molecule has 1 heterocycles. The van der Waals surface area contributed by atoms with E-state index in [4.69, 9.17) is 4.74 Å². The first-order valence-corrected chi connectivity index (χ1v) is 6.55. The van der Waals surface area contributed by atoms with Gasteiger partial charge in [-0.15, -0.1) is 0 Å². The monoisotopic (exact) mass is 233 g/mol. The number of nitrogens with one attached hydrogen (secondary N) is 1. The molecule has 0 aromatic heterocycles. The Morgan fingerprint density at radius 3 is 2.82 bits per heavy atom. The van der Waals surface area contributed by atoms with Crippen molar-refractivity contribution < 1.29 is 9.84 Å². The number of benzene rings is 1. The van der Waals surface area contributed by atoms with Gasteiger partial charge in [0, 0.05) is 24.1 Å². The highest BCUT2D eigenvalue weighted by Gasteiger charge is 2.26. The number of phenols is 1. The van der Waals surface area contributed by atoms with E-state index >= 15 is 0 Å². The van der Waals surface area contributed by atoms with Crippen LogP contribution in [0.25, 0.3) is 0 Å². The van der Waals surface area contributed by atoms with Gasteiger partial charge in [0.2, 0.25) is 0 Å². The van der Waals surface area contributed by atoms with Gasteiger partial charge in [0.25, 0.3) is 0 Å². The average molecular weight is 233 g/mol. The van der Waals surface area contributed by atoms with Crippen LogP contribution in [0.5, 0.6) is 11.5 Å². The number of hydrogen-bond acceptors (Lipinski definition) is 3. The number of ether oxygens (including phenoxy) is 1. The van der Waals surface area contributed by atoms with Gasteiger partial charge < -0.3 is 15.2 Å². The van der Waals surface area contributed by atoms with Gasteiger partial charge in [-0.3, -0.25) is 0 Å². The summed E-state index contributed by atoms with van der Waals surface area (Å²) in [7, 11) is 0. The number of hydrogen-bond donors (Lipinski definition) is 2. The molecular formula is C14H19NO2. The van der Waals surface area contributed by atoms with Crippen molar-refractivity contribution in [1.29, 1.82) is 0 Å². The Morgan fingerprint density at radius 1 is 1.18 bits per heavy atom. The summed E-state index contributed by atoms with van der Waals surface area (Å²) >= 11 is 0. The van der Waals surface area contributed by atoms with Crippen molar-refractivity contribution in [3.63, 3.8) is 0 Å². The van der Waals surface area contributed by atoms with E-state index in [1.165, 1.54) is 25.7 Å². The summed E-state index contributed by atoms with van der Waals surface area (Å²) in [5.74, 6) is 0.940. The smallest absolute Gasteiger partial charge is 0.165 e. The van der Waals surface area contributed by atoms with E-state index in [0.29, 0.717) is 24.4 Å². The molecule has 0 saturated heterocycles. The molecule has 0 radical (unpaired) electrons. The third kappa shape index (κ3) is 2.12.